The van der Waals surface area contributed by atoms with Crippen molar-refractivity contribution in [2.45, 2.75) is 58.2 Å². The number of hydrogen-bond acceptors (Lipinski definition) is 4. The second kappa shape index (κ2) is 9.29. The highest BCUT2D eigenvalue weighted by Crippen LogP contribution is 2.28. The number of guanidine groups is 1. The van der Waals surface area contributed by atoms with Gasteiger partial charge in [0.25, 0.3) is 5.91 Å². The van der Waals surface area contributed by atoms with Crippen molar-refractivity contribution < 1.29 is 14.0 Å². The van der Waals surface area contributed by atoms with Gasteiger partial charge in [0.2, 0.25) is 5.91 Å². The number of halogens is 1. The predicted octanol–water partition coefficient (Wildman–Crippen LogP) is 3.92. The first-order valence-corrected chi connectivity index (χ1v) is 10.5. The van der Waals surface area contributed by atoms with Gasteiger partial charge in [0.1, 0.15) is 5.82 Å². The standard InChI is InChI=1S/C24H29FN4O2/c1-4-10-24(3)14-21(30)29(23(26)28-24)15-17-11-19(13-20(25)12-17)22(31)27-16(2)18-8-6-5-7-9-18/h5-9,11-13,16H,4,10,14-15H2,1-3H3,(H2,26,28)(H,27,31)/t16-,24+/m0/s1. The first-order valence-electron chi connectivity index (χ1n) is 10.5. The van der Waals surface area contributed by atoms with Crippen molar-refractivity contribution in [1.82, 2.24) is 10.2 Å². The molecule has 6 nitrogen and oxygen atoms in total. The van der Waals surface area contributed by atoms with Crippen molar-refractivity contribution >= 4 is 17.8 Å². The van der Waals surface area contributed by atoms with Crippen molar-refractivity contribution in [2.75, 3.05) is 0 Å². The van der Waals surface area contributed by atoms with Crippen LogP contribution in [0.3, 0.4) is 0 Å². The Morgan fingerprint density at radius 3 is 2.65 bits per heavy atom. The number of nitrogens with two attached hydrogens (primary N) is 1. The minimum atomic E-state index is -0.550. The molecule has 1 heterocycles. The predicted molar refractivity (Wildman–Crippen MR) is 119 cm³/mol. The molecule has 3 rings (SSSR count). The molecule has 3 N–H and O–H groups in total. The van der Waals surface area contributed by atoms with E-state index in [0.29, 0.717) is 5.56 Å². The zero-order chi connectivity index (χ0) is 22.6. The van der Waals surface area contributed by atoms with Gasteiger partial charge in [-0.05, 0) is 49.6 Å². The topological polar surface area (TPSA) is 87.8 Å². The van der Waals surface area contributed by atoms with Gasteiger partial charge in [-0.3, -0.25) is 14.5 Å². The minimum Gasteiger partial charge on any atom is -0.369 e. The Morgan fingerprint density at radius 1 is 1.29 bits per heavy atom. The number of aliphatic imine (C=N–C) groups is 1. The minimum absolute atomic E-state index is 0.0582. The number of hydrogen-bond donors (Lipinski definition) is 2. The molecule has 1 aliphatic rings. The van der Waals surface area contributed by atoms with E-state index in [4.69, 9.17) is 5.73 Å². The van der Waals surface area contributed by atoms with E-state index in [1.165, 1.54) is 17.0 Å². The van der Waals surface area contributed by atoms with Gasteiger partial charge < -0.3 is 11.1 Å². The van der Waals surface area contributed by atoms with Gasteiger partial charge in [-0.2, -0.15) is 0 Å². The Labute approximate surface area is 182 Å². The molecule has 0 spiro atoms. The lowest BCUT2D eigenvalue weighted by atomic mass is 9.91. The molecule has 2 aromatic rings. The smallest absolute Gasteiger partial charge is 0.251 e. The first-order chi connectivity index (χ1) is 14.7. The quantitative estimate of drug-likeness (QED) is 0.706. The number of nitrogens with one attached hydrogen (secondary N) is 1. The lowest BCUT2D eigenvalue weighted by Gasteiger charge is -2.35. The van der Waals surface area contributed by atoms with Crippen LogP contribution in [-0.2, 0) is 11.3 Å². The molecule has 0 radical (unpaired) electrons. The Bertz CT molecular complexity index is 992. The Morgan fingerprint density at radius 2 is 2.00 bits per heavy atom. The number of carbonyl (C=O) groups is 2. The van der Waals surface area contributed by atoms with Gasteiger partial charge >= 0.3 is 0 Å². The summed E-state index contributed by atoms with van der Waals surface area (Å²) in [6.07, 6.45) is 1.90. The Balaban J connectivity index is 1.77. The van der Waals surface area contributed by atoms with E-state index >= 15 is 0 Å². The van der Waals surface area contributed by atoms with Gasteiger partial charge in [0.05, 0.1) is 24.5 Å². The molecule has 2 amide bonds. The fraction of sp³-hybridized carbons (Fsp3) is 0.375. The molecule has 0 aliphatic carbocycles. The second-order valence-corrected chi connectivity index (χ2v) is 8.33. The molecule has 0 fully saturated rings. The molecule has 0 bridgehead atoms. The van der Waals surface area contributed by atoms with Crippen LogP contribution in [0.4, 0.5) is 4.39 Å². The van der Waals surface area contributed by atoms with Crippen LogP contribution in [0, 0.1) is 5.82 Å². The van der Waals surface area contributed by atoms with E-state index in [1.54, 1.807) is 6.07 Å². The average molecular weight is 425 g/mol. The number of nitrogens with zero attached hydrogens (tertiary/aromatic N) is 2. The maximum absolute atomic E-state index is 14.3. The number of carbonyl (C=O) groups excluding carboxylic acids is 2. The highest BCUT2D eigenvalue weighted by Gasteiger charge is 2.35. The van der Waals surface area contributed by atoms with Gasteiger partial charge in [0.15, 0.2) is 5.96 Å². The van der Waals surface area contributed by atoms with Crippen molar-refractivity contribution in [1.29, 1.82) is 0 Å². The lowest BCUT2D eigenvalue weighted by Crippen LogP contribution is -2.50. The third-order valence-corrected chi connectivity index (χ3v) is 5.49. The summed E-state index contributed by atoms with van der Waals surface area (Å²) in [6, 6.07) is 13.4. The van der Waals surface area contributed by atoms with Crippen LogP contribution >= 0.6 is 0 Å². The third kappa shape index (κ3) is 5.48. The van der Waals surface area contributed by atoms with Gasteiger partial charge in [-0.1, -0.05) is 43.7 Å². The molecule has 0 aromatic heterocycles. The molecule has 0 saturated heterocycles. The molecule has 2 atom stereocenters. The lowest BCUT2D eigenvalue weighted by molar-refractivity contribution is -0.130. The molecule has 0 unspecified atom stereocenters. The van der Waals surface area contributed by atoms with Gasteiger partial charge in [-0.25, -0.2) is 9.38 Å². The van der Waals surface area contributed by atoms with E-state index < -0.39 is 11.4 Å². The largest absolute Gasteiger partial charge is 0.369 e. The zero-order valence-corrected chi connectivity index (χ0v) is 18.2. The summed E-state index contributed by atoms with van der Waals surface area (Å²) in [5, 5.41) is 2.88. The van der Waals surface area contributed by atoms with Crippen LogP contribution in [0.25, 0.3) is 0 Å². The third-order valence-electron chi connectivity index (χ3n) is 5.49. The maximum atomic E-state index is 14.3. The van der Waals surface area contributed by atoms with Crippen molar-refractivity contribution in [2.24, 2.45) is 10.7 Å². The van der Waals surface area contributed by atoms with Crippen LogP contribution in [0.2, 0.25) is 0 Å². The summed E-state index contributed by atoms with van der Waals surface area (Å²) < 4.78 is 14.3. The summed E-state index contributed by atoms with van der Waals surface area (Å²) in [5.41, 5.74) is 7.18. The zero-order valence-electron chi connectivity index (χ0n) is 18.2. The highest BCUT2D eigenvalue weighted by atomic mass is 19.1. The van der Waals surface area contributed by atoms with Gasteiger partial charge in [0, 0.05) is 5.56 Å². The Hall–Kier alpha value is -3.22. The summed E-state index contributed by atoms with van der Waals surface area (Å²) in [7, 11) is 0. The maximum Gasteiger partial charge on any atom is 0.251 e. The molecule has 0 saturated carbocycles. The van der Waals surface area contributed by atoms with Crippen LogP contribution in [0.1, 0.15) is 67.6 Å². The Kier molecular flexibility index (Phi) is 6.73. The molecule has 2 aromatic carbocycles. The number of amides is 2. The molecule has 31 heavy (non-hydrogen) atoms. The van der Waals surface area contributed by atoms with E-state index in [0.717, 1.165) is 18.4 Å². The van der Waals surface area contributed by atoms with Crippen LogP contribution in [-0.4, -0.2) is 28.2 Å². The SMILES string of the molecule is CCC[C@]1(C)CC(=O)N(Cc2cc(F)cc(C(=O)N[C@@H](C)c3ccccc3)c2)C(N)=N1. The fourth-order valence-corrected chi connectivity index (χ4v) is 3.94. The summed E-state index contributed by atoms with van der Waals surface area (Å²) in [6.45, 7) is 5.87. The number of rotatable bonds is 7. The summed E-state index contributed by atoms with van der Waals surface area (Å²) in [4.78, 5) is 31.3. The fourth-order valence-electron chi connectivity index (χ4n) is 3.94. The monoisotopic (exact) mass is 424 g/mol. The van der Waals surface area contributed by atoms with E-state index in [-0.39, 0.29) is 42.3 Å². The van der Waals surface area contributed by atoms with Crippen molar-refractivity contribution in [3.63, 3.8) is 0 Å². The summed E-state index contributed by atoms with van der Waals surface area (Å²) >= 11 is 0. The van der Waals surface area contributed by atoms with Crippen molar-refractivity contribution in [3.05, 3.63) is 71.0 Å². The van der Waals surface area contributed by atoms with E-state index in [1.807, 2.05) is 51.1 Å². The van der Waals surface area contributed by atoms with Crippen molar-refractivity contribution in [3.8, 4) is 0 Å². The summed E-state index contributed by atoms with van der Waals surface area (Å²) in [5.74, 6) is -0.971. The first kappa shape index (κ1) is 22.5. The van der Waals surface area contributed by atoms with E-state index in [2.05, 4.69) is 10.3 Å². The average Bonchev–Trinajstić information content (AvgIpc) is 2.71. The normalized spacial score (nSPS) is 19.7. The molecular weight excluding hydrogens is 395 g/mol. The number of benzene rings is 2. The molecule has 164 valence electrons. The van der Waals surface area contributed by atoms with Crippen LogP contribution in [0.15, 0.2) is 53.5 Å². The molecule has 1 aliphatic heterocycles. The molecule has 7 heteroatoms. The highest BCUT2D eigenvalue weighted by molar-refractivity contribution is 5.99. The van der Waals surface area contributed by atoms with E-state index in [9.17, 15) is 14.0 Å². The second-order valence-electron chi connectivity index (χ2n) is 8.33. The van der Waals surface area contributed by atoms with Crippen LogP contribution in [0.5, 0.6) is 0 Å². The molecular formula is C24H29FN4O2. The van der Waals surface area contributed by atoms with Crippen LogP contribution < -0.4 is 11.1 Å². The van der Waals surface area contributed by atoms with Gasteiger partial charge in [-0.15, -0.1) is 0 Å².